The number of nitrogens with zero attached hydrogens (tertiary/aromatic N) is 2. The second-order valence-electron chi connectivity index (χ2n) is 3.78. The highest BCUT2D eigenvalue weighted by Gasteiger charge is 2.32. The lowest BCUT2D eigenvalue weighted by atomic mass is 10.1. The van der Waals surface area contributed by atoms with E-state index in [9.17, 15) is 18.0 Å². The summed E-state index contributed by atoms with van der Waals surface area (Å²) >= 11 is 0. The molecule has 7 heteroatoms. The molecule has 1 amide bonds. The molecular weight excluding hydrogens is 259 g/mol. The summed E-state index contributed by atoms with van der Waals surface area (Å²) in [6.45, 7) is -0.202. The van der Waals surface area contributed by atoms with E-state index in [0.717, 1.165) is 10.6 Å². The molecule has 0 saturated heterocycles. The fourth-order valence-electron chi connectivity index (χ4n) is 1.59. The molecule has 0 saturated carbocycles. The third kappa shape index (κ3) is 3.12. The third-order valence-electron chi connectivity index (χ3n) is 2.49. The van der Waals surface area contributed by atoms with Gasteiger partial charge in [0, 0.05) is 18.9 Å². The van der Waals surface area contributed by atoms with Gasteiger partial charge in [-0.05, 0) is 11.6 Å². The van der Waals surface area contributed by atoms with Gasteiger partial charge in [0.25, 0.3) is 0 Å². The summed E-state index contributed by atoms with van der Waals surface area (Å²) in [7, 11) is 0. The van der Waals surface area contributed by atoms with E-state index in [4.69, 9.17) is 0 Å². The van der Waals surface area contributed by atoms with Gasteiger partial charge in [-0.1, -0.05) is 18.2 Å². The molecule has 1 aromatic heterocycles. The van der Waals surface area contributed by atoms with Crippen molar-refractivity contribution in [2.75, 3.05) is 0 Å². The fraction of sp³-hybridized carbons (Fsp3) is 0.167. The molecule has 0 unspecified atom stereocenters. The number of benzene rings is 1. The smallest absolute Gasteiger partial charge is 0.333 e. The Hall–Kier alpha value is -2.31. The first-order chi connectivity index (χ1) is 8.98. The maximum atomic E-state index is 12.7. The van der Waals surface area contributed by atoms with E-state index >= 15 is 0 Å². The van der Waals surface area contributed by atoms with Gasteiger partial charge in [-0.3, -0.25) is 4.57 Å². The molecule has 1 N–H and O–H groups in total. The van der Waals surface area contributed by atoms with Crippen molar-refractivity contribution in [1.29, 1.82) is 0 Å². The molecule has 2 aromatic rings. The lowest BCUT2D eigenvalue weighted by molar-refractivity contribution is -0.138. The standard InChI is InChI=1S/C12H10F3N3O/c13-12(14,15)10-4-2-1-3-9(10)7-17-11(19)18-6-5-16-8-18/h1-6,8H,7H2,(H,17,19). The SMILES string of the molecule is O=C(NCc1ccccc1C(F)(F)F)n1ccnc1. The molecule has 4 nitrogen and oxygen atoms in total. The maximum absolute atomic E-state index is 12.7. The maximum Gasteiger partial charge on any atom is 0.416 e. The van der Waals surface area contributed by atoms with Gasteiger partial charge in [-0.2, -0.15) is 13.2 Å². The zero-order valence-electron chi connectivity index (χ0n) is 9.69. The van der Waals surface area contributed by atoms with Crippen LogP contribution in [0.2, 0.25) is 0 Å². The molecule has 0 aliphatic rings. The van der Waals surface area contributed by atoms with Crippen LogP contribution in [0.25, 0.3) is 0 Å². The van der Waals surface area contributed by atoms with E-state index in [1.165, 1.54) is 36.9 Å². The first-order valence-electron chi connectivity index (χ1n) is 5.40. The number of carbonyl (C=O) groups is 1. The largest absolute Gasteiger partial charge is 0.416 e. The van der Waals surface area contributed by atoms with Gasteiger partial charge >= 0.3 is 12.2 Å². The quantitative estimate of drug-likeness (QED) is 0.911. The van der Waals surface area contributed by atoms with Crippen molar-refractivity contribution in [2.45, 2.75) is 12.7 Å². The van der Waals surface area contributed by atoms with Crippen molar-refractivity contribution in [2.24, 2.45) is 0 Å². The second-order valence-corrected chi connectivity index (χ2v) is 3.78. The predicted molar refractivity (Wildman–Crippen MR) is 61.3 cm³/mol. The molecule has 0 atom stereocenters. The number of carbonyl (C=O) groups excluding carboxylic acids is 1. The third-order valence-corrected chi connectivity index (χ3v) is 2.49. The molecule has 19 heavy (non-hydrogen) atoms. The summed E-state index contributed by atoms with van der Waals surface area (Å²) in [5, 5.41) is 2.40. The van der Waals surface area contributed by atoms with Gasteiger partial charge in [0.2, 0.25) is 0 Å². The zero-order chi connectivity index (χ0) is 13.9. The van der Waals surface area contributed by atoms with Crippen LogP contribution in [0.5, 0.6) is 0 Å². The summed E-state index contributed by atoms with van der Waals surface area (Å²) in [4.78, 5) is 15.2. The second kappa shape index (κ2) is 5.13. The highest BCUT2D eigenvalue weighted by molar-refractivity contribution is 5.76. The number of rotatable bonds is 2. The average Bonchev–Trinajstić information content (AvgIpc) is 2.89. The zero-order valence-corrected chi connectivity index (χ0v) is 9.69. The number of alkyl halides is 3. The molecule has 0 spiro atoms. The van der Waals surface area contributed by atoms with Gasteiger partial charge in [-0.15, -0.1) is 0 Å². The molecule has 0 aliphatic heterocycles. The highest BCUT2D eigenvalue weighted by Crippen LogP contribution is 2.31. The van der Waals surface area contributed by atoms with Crippen LogP contribution in [0, 0.1) is 0 Å². The Morgan fingerprint density at radius 3 is 2.68 bits per heavy atom. The molecule has 0 aliphatic carbocycles. The molecular formula is C12H10F3N3O. The van der Waals surface area contributed by atoms with Crippen molar-refractivity contribution in [1.82, 2.24) is 14.9 Å². The minimum absolute atomic E-state index is 0.0171. The minimum atomic E-state index is -4.43. The lowest BCUT2D eigenvalue weighted by Crippen LogP contribution is -2.28. The Morgan fingerprint density at radius 2 is 2.05 bits per heavy atom. The molecule has 0 bridgehead atoms. The van der Waals surface area contributed by atoms with Crippen LogP contribution in [0.15, 0.2) is 43.0 Å². The van der Waals surface area contributed by atoms with E-state index in [1.54, 1.807) is 0 Å². The molecule has 0 fully saturated rings. The van der Waals surface area contributed by atoms with Gasteiger partial charge < -0.3 is 5.32 Å². The van der Waals surface area contributed by atoms with Crippen molar-refractivity contribution in [3.8, 4) is 0 Å². The van der Waals surface area contributed by atoms with E-state index in [-0.39, 0.29) is 12.1 Å². The number of hydrogen-bond donors (Lipinski definition) is 1. The predicted octanol–water partition coefficient (Wildman–Crippen LogP) is 2.66. The first-order valence-corrected chi connectivity index (χ1v) is 5.40. The Bertz CT molecular complexity index is 564. The molecule has 1 aromatic carbocycles. The number of halogens is 3. The van der Waals surface area contributed by atoms with Crippen LogP contribution in [-0.2, 0) is 12.7 Å². The summed E-state index contributed by atoms with van der Waals surface area (Å²) in [5.74, 6) is 0. The van der Waals surface area contributed by atoms with Crippen molar-refractivity contribution < 1.29 is 18.0 Å². The molecule has 2 rings (SSSR count). The van der Waals surface area contributed by atoms with E-state index in [0.29, 0.717) is 0 Å². The topological polar surface area (TPSA) is 46.9 Å². The monoisotopic (exact) mass is 269 g/mol. The molecule has 1 heterocycles. The van der Waals surface area contributed by atoms with Gasteiger partial charge in [0.15, 0.2) is 0 Å². The Labute approximate surface area is 106 Å². The number of imidazole rings is 1. The normalized spacial score (nSPS) is 11.3. The number of aromatic nitrogens is 2. The number of amides is 1. The van der Waals surface area contributed by atoms with Crippen LogP contribution in [0.3, 0.4) is 0 Å². The lowest BCUT2D eigenvalue weighted by Gasteiger charge is -2.13. The van der Waals surface area contributed by atoms with E-state index in [1.807, 2.05) is 0 Å². The summed E-state index contributed by atoms with van der Waals surface area (Å²) in [6.07, 6.45) is -0.352. The van der Waals surface area contributed by atoms with Gasteiger partial charge in [0.05, 0.1) is 5.56 Å². The fourth-order valence-corrected chi connectivity index (χ4v) is 1.59. The number of hydrogen-bond acceptors (Lipinski definition) is 2. The van der Waals surface area contributed by atoms with Crippen molar-refractivity contribution >= 4 is 6.03 Å². The van der Waals surface area contributed by atoms with Crippen LogP contribution < -0.4 is 5.32 Å². The van der Waals surface area contributed by atoms with Crippen LogP contribution in [0.4, 0.5) is 18.0 Å². The van der Waals surface area contributed by atoms with Crippen molar-refractivity contribution in [3.05, 3.63) is 54.1 Å². The van der Waals surface area contributed by atoms with Crippen LogP contribution in [0.1, 0.15) is 11.1 Å². The minimum Gasteiger partial charge on any atom is -0.333 e. The highest BCUT2D eigenvalue weighted by atomic mass is 19.4. The van der Waals surface area contributed by atoms with Crippen LogP contribution >= 0.6 is 0 Å². The van der Waals surface area contributed by atoms with E-state index in [2.05, 4.69) is 10.3 Å². The molecule has 100 valence electrons. The Morgan fingerprint density at radius 1 is 1.32 bits per heavy atom. The number of nitrogens with one attached hydrogen (secondary N) is 1. The average molecular weight is 269 g/mol. The van der Waals surface area contributed by atoms with Gasteiger partial charge in [-0.25, -0.2) is 9.78 Å². The van der Waals surface area contributed by atoms with Crippen LogP contribution in [-0.4, -0.2) is 15.6 Å². The first kappa shape index (κ1) is 13.1. The Kier molecular flexibility index (Phi) is 3.55. The van der Waals surface area contributed by atoms with E-state index < -0.39 is 17.8 Å². The molecule has 0 radical (unpaired) electrons. The van der Waals surface area contributed by atoms with Crippen molar-refractivity contribution in [3.63, 3.8) is 0 Å². The summed E-state index contributed by atoms with van der Waals surface area (Å²) in [6, 6.07) is 4.59. The van der Waals surface area contributed by atoms with Gasteiger partial charge in [0.1, 0.15) is 6.33 Å². The summed E-state index contributed by atoms with van der Waals surface area (Å²) < 4.78 is 39.3. The Balaban J connectivity index is 2.10. The summed E-state index contributed by atoms with van der Waals surface area (Å²) in [5.41, 5.74) is -0.732.